The Balaban J connectivity index is 0.000000352. The normalized spacial score (nSPS) is 12.0. The fourth-order valence-corrected chi connectivity index (χ4v) is 5.15. The van der Waals surface area contributed by atoms with Gasteiger partial charge < -0.3 is 0 Å². The third-order valence-corrected chi connectivity index (χ3v) is 6.58. The third-order valence-electron chi connectivity index (χ3n) is 6.58. The SMILES string of the molecule is Cc1cc2c(cc1C)[n+]1c(N(C)C)n3ccccc3c1c1c3cccc[n+]3c(N(C)C)n21.[O-][Cl+3]([O-])([O-])[O-].[O-][Cl+3]([O-])([O-])[O-]. The second-order valence-corrected chi connectivity index (χ2v) is 11.4. The summed E-state index contributed by atoms with van der Waals surface area (Å²) in [6.45, 7) is 4.40. The first-order valence-electron chi connectivity index (χ1n) is 12.2. The predicted molar refractivity (Wildman–Crippen MR) is 130 cm³/mol. The van der Waals surface area contributed by atoms with Crippen LogP contribution in [0.5, 0.6) is 0 Å². The summed E-state index contributed by atoms with van der Waals surface area (Å²) >= 11 is 0. The van der Waals surface area contributed by atoms with Crippen LogP contribution in [-0.4, -0.2) is 37.0 Å². The number of fused-ring (bicyclic) bond motifs is 10. The van der Waals surface area contributed by atoms with Crippen LogP contribution in [0.3, 0.4) is 0 Å². The van der Waals surface area contributed by atoms with E-state index in [1.807, 2.05) is 0 Å². The van der Waals surface area contributed by atoms with Gasteiger partial charge in [0.15, 0.2) is 22.1 Å². The van der Waals surface area contributed by atoms with Gasteiger partial charge in [-0.25, -0.2) is 46.1 Å². The van der Waals surface area contributed by atoms with Crippen molar-refractivity contribution in [2.24, 2.45) is 0 Å². The minimum atomic E-state index is -4.94. The Hall–Kier alpha value is -3.54. The smallest absolute Gasteiger partial charge is 0.269 e. The number of hydrogen-bond donors (Lipinski definition) is 0. The summed E-state index contributed by atoms with van der Waals surface area (Å²) in [4.78, 5) is 4.41. The molecule has 0 atom stereocenters. The van der Waals surface area contributed by atoms with Crippen molar-refractivity contribution in [1.29, 1.82) is 0 Å². The van der Waals surface area contributed by atoms with Gasteiger partial charge in [-0.15, -0.1) is 20.5 Å². The molecule has 0 spiro atoms. The lowest BCUT2D eigenvalue weighted by molar-refractivity contribution is -2.00. The van der Waals surface area contributed by atoms with Gasteiger partial charge in [0.2, 0.25) is 0 Å². The van der Waals surface area contributed by atoms with Crippen LogP contribution in [0.1, 0.15) is 11.1 Å². The van der Waals surface area contributed by atoms with Crippen molar-refractivity contribution in [3.8, 4) is 0 Å². The molecule has 42 heavy (non-hydrogen) atoms. The molecule has 5 heterocycles. The molecule has 0 radical (unpaired) electrons. The number of rotatable bonds is 2. The van der Waals surface area contributed by atoms with Crippen molar-refractivity contribution < 1.29 is 66.6 Å². The second-order valence-electron chi connectivity index (χ2n) is 9.85. The average Bonchev–Trinajstić information content (AvgIpc) is 3.37. The van der Waals surface area contributed by atoms with E-state index in [1.54, 1.807) is 0 Å². The van der Waals surface area contributed by atoms with Crippen LogP contribution in [0.4, 0.5) is 11.9 Å². The van der Waals surface area contributed by atoms with Crippen LogP contribution >= 0.6 is 0 Å². The second kappa shape index (κ2) is 11.3. The van der Waals surface area contributed by atoms with Crippen LogP contribution in [0.2, 0.25) is 0 Å². The number of pyridine rings is 2. The molecule has 1 aromatic carbocycles. The van der Waals surface area contributed by atoms with Crippen LogP contribution in [0.25, 0.3) is 33.1 Å². The lowest BCUT2D eigenvalue weighted by Gasteiger charge is -2.17. The number of aryl methyl sites for hydroxylation is 2. The molecule has 5 aromatic heterocycles. The van der Waals surface area contributed by atoms with Gasteiger partial charge in [-0.1, -0.05) is 12.1 Å². The maximum absolute atomic E-state index is 8.49. The van der Waals surface area contributed by atoms with Crippen LogP contribution < -0.4 is 55.9 Å². The summed E-state index contributed by atoms with van der Waals surface area (Å²) < 4.78 is 77.4. The third kappa shape index (κ3) is 6.13. The Labute approximate surface area is 244 Å². The maximum atomic E-state index is 8.49. The predicted octanol–water partition coefficient (Wildman–Crippen LogP) is -5.94. The molecular weight excluding hydrogens is 595 g/mol. The molecule has 0 aliphatic heterocycles. The van der Waals surface area contributed by atoms with Gasteiger partial charge in [0.25, 0.3) is 0 Å². The van der Waals surface area contributed by atoms with E-state index in [4.69, 9.17) is 37.3 Å². The van der Waals surface area contributed by atoms with Crippen LogP contribution in [-0.2, 0) is 0 Å². The number of benzene rings is 1. The molecule has 0 bridgehead atoms. The van der Waals surface area contributed by atoms with E-state index in [-0.39, 0.29) is 0 Å². The fraction of sp³-hybridized carbons (Fsp3) is 0.231. The molecule has 0 N–H and O–H groups in total. The van der Waals surface area contributed by atoms with Gasteiger partial charge in [0.05, 0.1) is 40.6 Å². The van der Waals surface area contributed by atoms with E-state index in [2.05, 4.69) is 130 Å². The Kier molecular flexibility index (Phi) is 8.43. The quantitative estimate of drug-likeness (QED) is 0.167. The van der Waals surface area contributed by atoms with E-state index >= 15 is 0 Å². The van der Waals surface area contributed by atoms with Gasteiger partial charge >= 0.3 is 11.9 Å². The molecule has 224 valence electrons. The van der Waals surface area contributed by atoms with Gasteiger partial charge in [-0.3, -0.25) is 9.80 Å². The van der Waals surface area contributed by atoms with E-state index in [1.165, 1.54) is 44.2 Å². The van der Waals surface area contributed by atoms with Crippen molar-refractivity contribution >= 4 is 45.0 Å². The molecule has 0 saturated carbocycles. The fourth-order valence-electron chi connectivity index (χ4n) is 5.15. The highest BCUT2D eigenvalue weighted by Gasteiger charge is 2.33. The molecule has 0 amide bonds. The standard InChI is InChI=1S/C26H28N6.2ClHO4/c1-17-15-21-22(16-18(17)2)32-24(20-12-8-10-14-30(20)26(32)28(5)6)23-19-11-7-9-13-29(19)25(27(3)4)31(21)23;2*2-1(3,4)5/h7-16H,1-6H3;2*(H,2,3,4,5)/q+2;;/p-2. The summed E-state index contributed by atoms with van der Waals surface area (Å²) in [5.41, 5.74) is 9.79. The minimum Gasteiger partial charge on any atom is -0.269 e. The number of hydrogen-bond acceptors (Lipinski definition) is 10. The van der Waals surface area contributed by atoms with Crippen LogP contribution in [0.15, 0.2) is 60.9 Å². The Morgan fingerprint density at radius 1 is 0.667 bits per heavy atom. The highest BCUT2D eigenvalue weighted by atomic mass is 35.7. The van der Waals surface area contributed by atoms with Crippen molar-refractivity contribution in [2.45, 2.75) is 13.8 Å². The molecule has 0 aliphatic rings. The number of nitrogens with zero attached hydrogens (tertiary/aromatic N) is 6. The Morgan fingerprint density at radius 3 is 1.79 bits per heavy atom. The molecule has 0 aliphatic carbocycles. The molecule has 0 unspecified atom stereocenters. The Morgan fingerprint density at radius 2 is 1.21 bits per heavy atom. The number of imidazole rings is 2. The van der Waals surface area contributed by atoms with Crippen LogP contribution in [0, 0.1) is 34.3 Å². The van der Waals surface area contributed by atoms with Crippen molar-refractivity contribution in [3.63, 3.8) is 0 Å². The molecular formula is C26H28Cl2N6O8. The first kappa shape index (κ1) is 31.4. The van der Waals surface area contributed by atoms with Gasteiger partial charge in [0.1, 0.15) is 11.0 Å². The van der Waals surface area contributed by atoms with E-state index in [9.17, 15) is 0 Å². The summed E-state index contributed by atoms with van der Waals surface area (Å²) in [5, 5.41) is 0. The number of aromatic nitrogens is 4. The molecule has 6 aromatic rings. The average molecular weight is 623 g/mol. The summed E-state index contributed by atoms with van der Waals surface area (Å²) in [5.74, 6) is 2.26. The number of anilines is 2. The summed E-state index contributed by atoms with van der Waals surface area (Å²) in [7, 11) is -1.41. The lowest BCUT2D eigenvalue weighted by Crippen LogP contribution is -2.68. The number of halogens is 2. The highest BCUT2D eigenvalue weighted by Crippen LogP contribution is 2.32. The van der Waals surface area contributed by atoms with Crippen molar-refractivity contribution in [3.05, 3.63) is 72.1 Å². The van der Waals surface area contributed by atoms with Crippen molar-refractivity contribution in [2.75, 3.05) is 38.0 Å². The molecule has 16 heteroatoms. The van der Waals surface area contributed by atoms with E-state index < -0.39 is 20.5 Å². The van der Waals surface area contributed by atoms with Gasteiger partial charge in [-0.2, -0.15) is 8.80 Å². The zero-order valence-corrected chi connectivity index (χ0v) is 25.0. The topological polar surface area (TPSA) is 208 Å². The zero-order valence-electron chi connectivity index (χ0n) is 23.5. The van der Waals surface area contributed by atoms with Gasteiger partial charge in [0, 0.05) is 0 Å². The first-order valence-corrected chi connectivity index (χ1v) is 14.7. The monoisotopic (exact) mass is 622 g/mol. The maximum Gasteiger partial charge on any atom is 0.370 e. The summed E-state index contributed by atoms with van der Waals surface area (Å²) in [6.07, 6.45) is 4.32. The Bertz CT molecular complexity index is 1780. The first-order chi connectivity index (χ1) is 19.4. The summed E-state index contributed by atoms with van der Waals surface area (Å²) in [6, 6.07) is 17.6. The highest BCUT2D eigenvalue weighted by molar-refractivity contribution is 6.01. The molecule has 6 rings (SSSR count). The van der Waals surface area contributed by atoms with E-state index in [0.29, 0.717) is 0 Å². The largest absolute Gasteiger partial charge is 0.370 e. The lowest BCUT2D eigenvalue weighted by atomic mass is 10.1. The van der Waals surface area contributed by atoms with Gasteiger partial charge in [-0.05, 0) is 61.4 Å². The zero-order chi connectivity index (χ0) is 31.3. The molecule has 0 fully saturated rings. The molecule has 14 nitrogen and oxygen atoms in total. The molecule has 0 saturated heterocycles. The van der Waals surface area contributed by atoms with E-state index in [0.717, 1.165) is 11.9 Å². The minimum absolute atomic E-state index is 1.13. The van der Waals surface area contributed by atoms with Crippen molar-refractivity contribution in [1.82, 2.24) is 8.80 Å².